The fourth-order valence-corrected chi connectivity index (χ4v) is 16.9. The molecule has 3 amide bonds. The molecule has 11 aromatic rings. The van der Waals surface area contributed by atoms with E-state index in [1.54, 1.807) is 213 Å². The Bertz CT molecular complexity index is 5920. The minimum Gasteiger partial charge on any atom is -0.384 e. The van der Waals surface area contributed by atoms with Gasteiger partial charge in [0.1, 0.15) is 0 Å². The Hall–Kier alpha value is -12.0. The summed E-state index contributed by atoms with van der Waals surface area (Å²) < 4.78 is 149. The molecule has 0 bridgehead atoms. The van der Waals surface area contributed by atoms with E-state index in [1.807, 2.05) is 84.9 Å². The standard InChI is InChI=1S/C22H22N2O4S.C21H26O4S.C19H24N2O4S.C19H23NO3S.C17H20N2O4S/c1-28-16-15-17-11-13-18(14-12-17)23-22(25)20-9-5-6-10-21(20)24-29(26,27)19-7-3-2-4-8-19;1-16(2)26(23,24)15-19-6-4-5-7-20(19)21(22)14-18-10-8-17(9-11-18)12-13-25-3;1-3-14-26(23,24)21-18-7-5-4-6-17(18)19(22)20-16-10-8-15(9-11-16)12-13-25-2;1-3-4-7-15-10-12-16(13-11-15)14-19(21)17-8-5-6-9-18(17)20-24(2,22)23;1-23-12-11-13-7-9-14(10-8-13)18-17(20)15-5-3-4-6-16(15)19-24(2,21)22/h2-14,24H,15-16H2,1H3,(H,23,25);4-11,16H,12-15H2,1-3H3;4-11,21H,3,12-14H2,1-2H3,(H,20,22);5-6,8-13,20H,3-4,7,14H2,1-2H3;3-10,19H,11-12H2,1-2H3,(H,18,20). The van der Waals surface area contributed by atoms with Crippen LogP contribution in [0.3, 0.4) is 0 Å². The molecule has 0 atom stereocenters. The number of nitrogens with one attached hydrogen (secondary N) is 7. The molecule has 0 aliphatic rings. The van der Waals surface area contributed by atoms with Crippen LogP contribution >= 0.6 is 0 Å². The van der Waals surface area contributed by atoms with E-state index in [2.05, 4.69) is 53.9 Å². The lowest BCUT2D eigenvalue weighted by molar-refractivity contribution is 0.0984. The summed E-state index contributed by atoms with van der Waals surface area (Å²) in [5, 5.41) is 7.89. The zero-order valence-corrected chi connectivity index (χ0v) is 78.3. The first-order chi connectivity index (χ1) is 61.5. The van der Waals surface area contributed by atoms with Crippen molar-refractivity contribution >= 4 is 119 Å². The van der Waals surface area contributed by atoms with Crippen LogP contribution in [0.15, 0.2) is 278 Å². The van der Waals surface area contributed by atoms with Gasteiger partial charge in [-0.2, -0.15) is 0 Å². The summed E-state index contributed by atoms with van der Waals surface area (Å²) in [6.45, 7) is 9.82. The van der Waals surface area contributed by atoms with Crippen LogP contribution in [0.1, 0.15) is 143 Å². The number of methoxy groups -OCH3 is 4. The molecule has 0 fully saturated rings. The maximum atomic E-state index is 12.7. The highest BCUT2D eigenvalue weighted by molar-refractivity contribution is 7.93. The van der Waals surface area contributed by atoms with E-state index in [0.717, 1.165) is 90.8 Å². The molecule has 0 aliphatic carbocycles. The van der Waals surface area contributed by atoms with Crippen molar-refractivity contribution in [3.05, 3.63) is 345 Å². The molecule has 0 radical (unpaired) electrons. The summed E-state index contributed by atoms with van der Waals surface area (Å²) in [7, 11) is -10.8. The number of unbranched alkanes of at least 4 members (excludes halogenated alkanes) is 1. The van der Waals surface area contributed by atoms with Crippen molar-refractivity contribution in [2.75, 3.05) is 108 Å². The third kappa shape index (κ3) is 36.9. The zero-order valence-electron chi connectivity index (χ0n) is 74.2. The number of hydrogen-bond acceptors (Lipinski definition) is 19. The summed E-state index contributed by atoms with van der Waals surface area (Å²) in [6, 6.07) is 79.4. The molecular weight excluding hydrogens is 1740 g/mol. The number of rotatable bonds is 41. The number of amides is 3. The third-order valence-corrected chi connectivity index (χ3v) is 25.6. The van der Waals surface area contributed by atoms with Crippen molar-refractivity contribution in [3.63, 3.8) is 0 Å². The normalized spacial score (nSPS) is 11.2. The van der Waals surface area contributed by atoms with Gasteiger partial charge < -0.3 is 34.9 Å². The van der Waals surface area contributed by atoms with Gasteiger partial charge in [-0.3, -0.25) is 42.9 Å². The molecular formula is C98H115N7O19S5. The number of Topliss-reactive ketones (excluding diaryl/α,β-unsaturated/α-hetero) is 2. The molecule has 129 heavy (non-hydrogen) atoms. The summed E-state index contributed by atoms with van der Waals surface area (Å²) in [5.41, 5.74) is 12.7. The number of anilines is 7. The largest absolute Gasteiger partial charge is 0.384 e. The fraction of sp³-hybridized carbons (Fsp3) is 0.276. The number of sulfone groups is 1. The van der Waals surface area contributed by atoms with Crippen LogP contribution in [-0.4, -0.2) is 150 Å². The second-order valence-electron chi connectivity index (χ2n) is 30.1. The number of ether oxygens (including phenoxy) is 4. The summed E-state index contributed by atoms with van der Waals surface area (Å²) >= 11 is 0. The van der Waals surface area contributed by atoms with E-state index in [-0.39, 0.29) is 86.4 Å². The first-order valence-corrected chi connectivity index (χ1v) is 50.3. The Kier molecular flexibility index (Phi) is 42.3. The van der Waals surface area contributed by atoms with Gasteiger partial charge in [0.05, 0.1) is 100 Å². The fourth-order valence-electron chi connectivity index (χ4n) is 12.4. The van der Waals surface area contributed by atoms with Crippen LogP contribution in [0.4, 0.5) is 39.8 Å². The molecule has 0 heterocycles. The van der Waals surface area contributed by atoms with E-state index in [1.165, 1.54) is 17.7 Å². The molecule has 7 N–H and O–H groups in total. The lowest BCUT2D eigenvalue weighted by atomic mass is 9.98. The van der Waals surface area contributed by atoms with Crippen molar-refractivity contribution in [1.82, 2.24) is 0 Å². The van der Waals surface area contributed by atoms with Crippen LogP contribution in [0.25, 0.3) is 0 Å². The van der Waals surface area contributed by atoms with Crippen molar-refractivity contribution in [2.45, 2.75) is 108 Å². The molecule has 0 unspecified atom stereocenters. The quantitative estimate of drug-likeness (QED) is 0.0175. The average molecular weight is 1860 g/mol. The highest BCUT2D eigenvalue weighted by atomic mass is 32.2. The van der Waals surface area contributed by atoms with Gasteiger partial charge in [0.15, 0.2) is 21.4 Å². The molecule has 686 valence electrons. The Labute approximate surface area is 759 Å². The van der Waals surface area contributed by atoms with Gasteiger partial charge in [-0.15, -0.1) is 0 Å². The second kappa shape index (κ2) is 52.4. The monoisotopic (exact) mass is 1850 g/mol. The maximum Gasteiger partial charge on any atom is 0.261 e. The zero-order chi connectivity index (χ0) is 94.0. The van der Waals surface area contributed by atoms with Crippen LogP contribution in [-0.2, 0) is 120 Å². The summed E-state index contributed by atoms with van der Waals surface area (Å²) in [6.07, 6.45) is 9.69. The van der Waals surface area contributed by atoms with Gasteiger partial charge in [0, 0.05) is 69.5 Å². The van der Waals surface area contributed by atoms with Gasteiger partial charge in [-0.1, -0.05) is 196 Å². The minimum absolute atomic E-state index is 0.00584. The molecule has 26 nitrogen and oxygen atoms in total. The number of carbonyl (C=O) groups is 5. The van der Waals surface area contributed by atoms with E-state index in [9.17, 15) is 66.1 Å². The van der Waals surface area contributed by atoms with E-state index < -0.39 is 61.1 Å². The topological polar surface area (TPSA) is 377 Å². The Balaban J connectivity index is 0.000000221. The number of hydrogen-bond donors (Lipinski definition) is 7. The van der Waals surface area contributed by atoms with Gasteiger partial charge in [-0.25, -0.2) is 42.1 Å². The summed E-state index contributed by atoms with van der Waals surface area (Å²) in [5.74, 6) is -1.43. The molecule has 0 saturated carbocycles. The SMILES string of the molecule is CCCCc1ccc(CC(=O)c2ccccc2NS(C)(=O)=O)cc1.CCCS(=O)(=O)Nc1ccccc1C(=O)Nc1ccc(CCOC)cc1.COCCc1ccc(CC(=O)c2ccccc2CS(=O)(=O)C(C)C)cc1.COCCc1ccc(NC(=O)c2ccccc2NS(=O)(=O)c2ccccc2)cc1.COCCc1ccc(NC(=O)c2ccccc2NS(C)(=O)=O)cc1. The number of carbonyl (C=O) groups excluding carboxylic acids is 5. The molecule has 0 saturated heterocycles. The Morgan fingerprint density at radius 2 is 0.612 bits per heavy atom. The summed E-state index contributed by atoms with van der Waals surface area (Å²) in [4.78, 5) is 63.1. The molecule has 0 aromatic heterocycles. The van der Waals surface area contributed by atoms with Crippen LogP contribution < -0.4 is 34.8 Å². The number of para-hydroxylation sites is 4. The first-order valence-electron chi connectivity index (χ1n) is 41.6. The molecule has 31 heteroatoms. The van der Waals surface area contributed by atoms with E-state index in [4.69, 9.17) is 18.9 Å². The number of benzene rings is 11. The van der Waals surface area contributed by atoms with Crippen LogP contribution in [0.5, 0.6) is 0 Å². The predicted octanol–water partition coefficient (Wildman–Crippen LogP) is 17.2. The number of aryl methyl sites for hydroxylation is 1. The number of sulfonamides is 4. The lowest BCUT2D eigenvalue weighted by Crippen LogP contribution is -2.20. The van der Waals surface area contributed by atoms with Crippen molar-refractivity contribution in [3.8, 4) is 0 Å². The lowest BCUT2D eigenvalue weighted by Gasteiger charge is -2.13. The van der Waals surface area contributed by atoms with Crippen molar-refractivity contribution in [2.24, 2.45) is 0 Å². The Morgan fingerprint density at radius 1 is 0.318 bits per heavy atom. The van der Waals surface area contributed by atoms with E-state index >= 15 is 0 Å². The van der Waals surface area contributed by atoms with Crippen molar-refractivity contribution in [1.29, 1.82) is 0 Å². The first kappa shape index (κ1) is 104. The highest BCUT2D eigenvalue weighted by Gasteiger charge is 2.24. The number of ketones is 2. The maximum absolute atomic E-state index is 12.7. The van der Waals surface area contributed by atoms with Gasteiger partial charge >= 0.3 is 0 Å². The minimum atomic E-state index is -3.80. The molecule has 11 rings (SSSR count). The Morgan fingerprint density at radius 3 is 0.961 bits per heavy atom. The van der Waals surface area contributed by atoms with Gasteiger partial charge in [0.2, 0.25) is 30.1 Å². The highest BCUT2D eigenvalue weighted by Crippen LogP contribution is 2.27. The second-order valence-corrected chi connectivity index (χ2v) is 39.7. The van der Waals surface area contributed by atoms with Gasteiger partial charge in [0.25, 0.3) is 27.7 Å². The smallest absolute Gasteiger partial charge is 0.261 e. The average Bonchev–Trinajstić information content (AvgIpc) is 0.813. The molecule has 0 aliphatic heterocycles. The van der Waals surface area contributed by atoms with Crippen molar-refractivity contribution < 1.29 is 85.0 Å². The van der Waals surface area contributed by atoms with E-state index in [0.29, 0.717) is 72.3 Å². The third-order valence-electron chi connectivity index (χ3n) is 19.4. The predicted molar refractivity (Wildman–Crippen MR) is 515 cm³/mol. The molecule has 0 spiro atoms. The van der Waals surface area contributed by atoms with Crippen LogP contribution in [0, 0.1) is 0 Å². The van der Waals surface area contributed by atoms with Gasteiger partial charge in [-0.05, 0) is 200 Å². The van der Waals surface area contributed by atoms with Crippen LogP contribution in [0.2, 0.25) is 0 Å². The molecule has 11 aromatic carbocycles.